The first kappa shape index (κ1) is 21.9. The summed E-state index contributed by atoms with van der Waals surface area (Å²) in [5.41, 5.74) is 2.75. The summed E-state index contributed by atoms with van der Waals surface area (Å²) in [5.74, 6) is -0.244. The lowest BCUT2D eigenvalue weighted by Crippen LogP contribution is -2.51. The summed E-state index contributed by atoms with van der Waals surface area (Å²) in [4.78, 5) is 11.8. The summed E-state index contributed by atoms with van der Waals surface area (Å²) < 4.78 is 5.51. The molecule has 0 fully saturated rings. The molecule has 1 atom stereocenters. The molecule has 0 heterocycles. The molecule has 0 aliphatic carbocycles. The molecule has 0 saturated heterocycles. The number of nitrogens with zero attached hydrogens (tertiary/aromatic N) is 1. The van der Waals surface area contributed by atoms with Crippen molar-refractivity contribution in [2.24, 2.45) is 0 Å². The molecule has 1 unspecified atom stereocenters. The Kier molecular flexibility index (Phi) is 10.9. The van der Waals surface area contributed by atoms with E-state index in [9.17, 15) is 9.90 Å². The van der Waals surface area contributed by atoms with Crippen LogP contribution >= 0.6 is 0 Å². The van der Waals surface area contributed by atoms with Gasteiger partial charge >= 0.3 is 5.97 Å². The summed E-state index contributed by atoms with van der Waals surface area (Å²) >= 11 is 0. The van der Waals surface area contributed by atoms with E-state index in [1.54, 1.807) is 0 Å². The van der Waals surface area contributed by atoms with Gasteiger partial charge in [0, 0.05) is 6.42 Å². The van der Waals surface area contributed by atoms with Gasteiger partial charge in [-0.05, 0) is 46.5 Å². The largest absolute Gasteiger partial charge is 0.462 e. The monoisotopic (exact) mass is 326 g/mol. The number of allylic oxidation sites excluding steroid dienone is 4. The van der Waals surface area contributed by atoms with Crippen molar-refractivity contribution in [1.82, 2.24) is 0 Å². The Bertz CT molecular complexity index is 407. The minimum atomic E-state index is -0.533. The molecule has 0 aliphatic rings. The molecular formula is C19H36NO3+. The number of rotatable bonds is 11. The van der Waals surface area contributed by atoms with Crippen molar-refractivity contribution in [2.75, 3.05) is 27.2 Å². The first-order chi connectivity index (χ1) is 10.7. The standard InChI is InChI=1S/C19H36NO3/c1-7-18(21)20(5,6)15-19(22)23-14-9-8-12-17(4)13-10-11-16(2)3/h11-12,18,21H,7-10,13-15H2,1-6H3/q+1/b17-12+. The summed E-state index contributed by atoms with van der Waals surface area (Å²) in [6.45, 7) is 8.93. The molecule has 0 aromatic carbocycles. The molecule has 4 nitrogen and oxygen atoms in total. The summed E-state index contributed by atoms with van der Waals surface area (Å²) in [6.07, 6.45) is 8.53. The van der Waals surface area contributed by atoms with Crippen molar-refractivity contribution in [1.29, 1.82) is 0 Å². The van der Waals surface area contributed by atoms with Crippen molar-refractivity contribution in [3.8, 4) is 0 Å². The van der Waals surface area contributed by atoms with Crippen LogP contribution in [-0.2, 0) is 9.53 Å². The lowest BCUT2D eigenvalue weighted by molar-refractivity contribution is -0.930. The van der Waals surface area contributed by atoms with Gasteiger partial charge in [0.25, 0.3) is 0 Å². The maximum atomic E-state index is 11.8. The molecule has 0 radical (unpaired) electrons. The fourth-order valence-corrected chi connectivity index (χ4v) is 2.29. The number of esters is 1. The number of unbranched alkanes of at least 4 members (excludes halogenated alkanes) is 1. The van der Waals surface area contributed by atoms with Crippen LogP contribution in [0.2, 0.25) is 0 Å². The Morgan fingerprint density at radius 1 is 1.17 bits per heavy atom. The van der Waals surface area contributed by atoms with Crippen LogP contribution in [0.25, 0.3) is 0 Å². The van der Waals surface area contributed by atoms with E-state index >= 15 is 0 Å². The van der Waals surface area contributed by atoms with Crippen molar-refractivity contribution in [2.45, 2.75) is 66.0 Å². The lowest BCUT2D eigenvalue weighted by atomic mass is 10.1. The Labute approximate surface area is 142 Å². The van der Waals surface area contributed by atoms with Gasteiger partial charge in [0.2, 0.25) is 0 Å². The molecule has 134 valence electrons. The van der Waals surface area contributed by atoms with Gasteiger partial charge in [-0.15, -0.1) is 0 Å². The highest BCUT2D eigenvalue weighted by atomic mass is 16.5. The second-order valence-corrected chi connectivity index (χ2v) is 7.06. The average Bonchev–Trinajstić information content (AvgIpc) is 2.44. The number of hydrogen-bond acceptors (Lipinski definition) is 3. The van der Waals surface area contributed by atoms with E-state index in [0.29, 0.717) is 13.0 Å². The summed E-state index contributed by atoms with van der Waals surface area (Å²) in [5, 5.41) is 9.86. The molecule has 0 aromatic heterocycles. The van der Waals surface area contributed by atoms with Crippen LogP contribution in [0.15, 0.2) is 23.3 Å². The molecule has 4 heteroatoms. The highest BCUT2D eigenvalue weighted by Gasteiger charge is 2.28. The quantitative estimate of drug-likeness (QED) is 0.206. The van der Waals surface area contributed by atoms with Gasteiger partial charge in [-0.25, -0.2) is 4.79 Å². The van der Waals surface area contributed by atoms with Gasteiger partial charge in [-0.2, -0.15) is 0 Å². The zero-order valence-electron chi connectivity index (χ0n) is 15.9. The number of likely N-dealkylation sites (N-methyl/N-ethyl adjacent to an activating group) is 1. The van der Waals surface area contributed by atoms with Crippen LogP contribution < -0.4 is 0 Å². The fourth-order valence-electron chi connectivity index (χ4n) is 2.29. The van der Waals surface area contributed by atoms with Crippen molar-refractivity contribution >= 4 is 5.97 Å². The Balaban J connectivity index is 3.91. The van der Waals surface area contributed by atoms with Crippen LogP contribution in [0.1, 0.15) is 59.8 Å². The zero-order valence-corrected chi connectivity index (χ0v) is 15.9. The van der Waals surface area contributed by atoms with Gasteiger partial charge in [0.1, 0.15) is 0 Å². The molecule has 0 amide bonds. The Hall–Kier alpha value is -1.13. The van der Waals surface area contributed by atoms with Crippen LogP contribution in [-0.4, -0.2) is 49.0 Å². The summed E-state index contributed by atoms with van der Waals surface area (Å²) in [6, 6.07) is 0. The maximum absolute atomic E-state index is 11.8. The van der Waals surface area contributed by atoms with Crippen LogP contribution in [0.3, 0.4) is 0 Å². The smallest absolute Gasteiger partial charge is 0.361 e. The third-order valence-corrected chi connectivity index (χ3v) is 3.90. The third kappa shape index (κ3) is 11.1. The predicted octanol–water partition coefficient (Wildman–Crippen LogP) is 3.81. The first-order valence-corrected chi connectivity index (χ1v) is 8.64. The Morgan fingerprint density at radius 2 is 1.83 bits per heavy atom. The lowest BCUT2D eigenvalue weighted by Gasteiger charge is -2.32. The molecule has 0 rings (SSSR count). The molecule has 0 saturated carbocycles. The molecule has 0 aliphatic heterocycles. The van der Waals surface area contributed by atoms with E-state index in [-0.39, 0.29) is 17.0 Å². The van der Waals surface area contributed by atoms with Crippen molar-refractivity contribution in [3.63, 3.8) is 0 Å². The highest BCUT2D eigenvalue weighted by molar-refractivity contribution is 5.70. The van der Waals surface area contributed by atoms with Crippen molar-refractivity contribution < 1.29 is 19.1 Å². The number of ether oxygens (including phenoxy) is 1. The fraction of sp³-hybridized carbons (Fsp3) is 0.737. The minimum absolute atomic E-state index is 0.201. The van der Waals surface area contributed by atoms with Crippen molar-refractivity contribution in [3.05, 3.63) is 23.3 Å². The number of aliphatic hydroxyl groups is 1. The number of hydrogen-bond donors (Lipinski definition) is 1. The second-order valence-electron chi connectivity index (χ2n) is 7.06. The van der Waals surface area contributed by atoms with Crippen LogP contribution in [0.4, 0.5) is 0 Å². The van der Waals surface area contributed by atoms with E-state index in [1.165, 1.54) is 11.1 Å². The van der Waals surface area contributed by atoms with Crippen LogP contribution in [0.5, 0.6) is 0 Å². The van der Waals surface area contributed by atoms with Gasteiger partial charge in [-0.1, -0.05) is 30.2 Å². The van der Waals surface area contributed by atoms with Gasteiger partial charge in [0.05, 0.1) is 20.7 Å². The van der Waals surface area contributed by atoms with E-state index < -0.39 is 6.23 Å². The zero-order chi connectivity index (χ0) is 17.9. The average molecular weight is 327 g/mol. The number of quaternary nitrogens is 1. The molecule has 1 N–H and O–H groups in total. The van der Waals surface area contributed by atoms with E-state index in [0.717, 1.165) is 25.7 Å². The van der Waals surface area contributed by atoms with Gasteiger partial charge in [0.15, 0.2) is 12.8 Å². The first-order valence-electron chi connectivity index (χ1n) is 8.64. The minimum Gasteiger partial charge on any atom is -0.462 e. The van der Waals surface area contributed by atoms with E-state index in [2.05, 4.69) is 32.9 Å². The third-order valence-electron chi connectivity index (χ3n) is 3.90. The van der Waals surface area contributed by atoms with Gasteiger partial charge in [-0.3, -0.25) is 4.48 Å². The summed E-state index contributed by atoms with van der Waals surface area (Å²) in [7, 11) is 3.68. The molecule has 0 spiro atoms. The number of carbonyl (C=O) groups is 1. The second kappa shape index (κ2) is 11.4. The van der Waals surface area contributed by atoms with E-state index in [1.807, 2.05) is 21.0 Å². The maximum Gasteiger partial charge on any atom is 0.361 e. The molecule has 0 bridgehead atoms. The number of carbonyl (C=O) groups excluding carboxylic acids is 1. The van der Waals surface area contributed by atoms with Gasteiger partial charge < -0.3 is 9.84 Å². The highest BCUT2D eigenvalue weighted by Crippen LogP contribution is 2.10. The molecular weight excluding hydrogens is 290 g/mol. The predicted molar refractivity (Wildman–Crippen MR) is 95.9 cm³/mol. The van der Waals surface area contributed by atoms with E-state index in [4.69, 9.17) is 4.74 Å². The number of aliphatic hydroxyl groups excluding tert-OH is 1. The normalized spacial score (nSPS) is 13.6. The SMILES string of the molecule is CCC(O)[N+](C)(C)CC(=O)OCCC/C=C(\C)CCC=C(C)C. The Morgan fingerprint density at radius 3 is 2.39 bits per heavy atom. The molecule has 23 heavy (non-hydrogen) atoms. The molecule has 0 aromatic rings. The topological polar surface area (TPSA) is 46.5 Å². The van der Waals surface area contributed by atoms with Crippen LogP contribution in [0, 0.1) is 0 Å².